The van der Waals surface area contributed by atoms with Crippen molar-refractivity contribution in [1.82, 2.24) is 4.98 Å². The molecule has 0 saturated carbocycles. The van der Waals surface area contributed by atoms with Crippen LogP contribution in [0.1, 0.15) is 20.8 Å². The summed E-state index contributed by atoms with van der Waals surface area (Å²) in [6, 6.07) is 3.14. The normalized spacial score (nSPS) is 15.2. The molecule has 0 unspecified atom stereocenters. The Bertz CT molecular complexity index is 435. The molecule has 4 nitrogen and oxygen atoms in total. The monoisotopic (exact) mass is 174 g/mol. The predicted octanol–water partition coefficient (Wildman–Crippen LogP) is 0.303. The summed E-state index contributed by atoms with van der Waals surface area (Å²) in [7, 11) is 0. The van der Waals surface area contributed by atoms with Gasteiger partial charge in [-0.25, -0.2) is 0 Å². The van der Waals surface area contributed by atoms with Crippen molar-refractivity contribution in [2.24, 2.45) is 5.73 Å². The summed E-state index contributed by atoms with van der Waals surface area (Å²) in [5, 5.41) is 0. The smallest absolute Gasteiger partial charge is 0.211 e. The van der Waals surface area contributed by atoms with Gasteiger partial charge in [0.1, 0.15) is 5.69 Å². The van der Waals surface area contributed by atoms with Crippen LogP contribution in [0.2, 0.25) is 0 Å². The third-order valence-electron chi connectivity index (χ3n) is 1.83. The van der Waals surface area contributed by atoms with Gasteiger partial charge in [0.05, 0.1) is 11.3 Å². The van der Waals surface area contributed by atoms with E-state index in [1.165, 1.54) is 6.20 Å². The van der Waals surface area contributed by atoms with Crippen molar-refractivity contribution < 1.29 is 9.59 Å². The molecule has 0 atom stereocenters. The zero-order valence-corrected chi connectivity index (χ0v) is 6.65. The number of fused-ring (bicyclic) bond motifs is 1. The minimum Gasteiger partial charge on any atom is -0.395 e. The van der Waals surface area contributed by atoms with Crippen molar-refractivity contribution in [2.75, 3.05) is 0 Å². The van der Waals surface area contributed by atoms with Crippen molar-refractivity contribution in [2.45, 2.75) is 0 Å². The maximum Gasteiger partial charge on any atom is 0.211 e. The van der Waals surface area contributed by atoms with Gasteiger partial charge < -0.3 is 5.73 Å². The van der Waals surface area contributed by atoms with E-state index in [0.717, 1.165) is 6.08 Å². The Hall–Kier alpha value is -1.97. The number of carbonyl (C=O) groups excluding carboxylic acids is 2. The fraction of sp³-hybridized carbons (Fsp3) is 0. The van der Waals surface area contributed by atoms with Gasteiger partial charge in [-0.2, -0.15) is 0 Å². The molecule has 1 heterocycles. The van der Waals surface area contributed by atoms with E-state index >= 15 is 0 Å². The number of hydrogen-bond donors (Lipinski definition) is 1. The highest BCUT2D eigenvalue weighted by molar-refractivity contribution is 6.23. The Balaban J connectivity index is 2.69. The summed E-state index contributed by atoms with van der Waals surface area (Å²) in [4.78, 5) is 26.5. The molecule has 0 spiro atoms. The molecule has 0 aliphatic heterocycles. The fourth-order valence-electron chi connectivity index (χ4n) is 1.22. The van der Waals surface area contributed by atoms with Gasteiger partial charge in [-0.05, 0) is 12.1 Å². The van der Waals surface area contributed by atoms with E-state index in [0.29, 0.717) is 0 Å². The number of hydrogen-bond acceptors (Lipinski definition) is 4. The molecule has 0 aromatic carbocycles. The lowest BCUT2D eigenvalue weighted by Gasteiger charge is -2.09. The molecule has 0 bridgehead atoms. The van der Waals surface area contributed by atoms with Crippen LogP contribution in [-0.4, -0.2) is 16.6 Å². The SMILES string of the molecule is NC1=CC(=O)c2ncccc2C1=O. The maximum atomic E-state index is 11.4. The molecule has 64 valence electrons. The van der Waals surface area contributed by atoms with Gasteiger partial charge in [0.2, 0.25) is 11.6 Å². The van der Waals surface area contributed by atoms with Gasteiger partial charge >= 0.3 is 0 Å². The summed E-state index contributed by atoms with van der Waals surface area (Å²) in [6.45, 7) is 0. The molecule has 0 fully saturated rings. The minimum absolute atomic E-state index is 0.0227. The van der Waals surface area contributed by atoms with Gasteiger partial charge in [-0.1, -0.05) is 0 Å². The lowest BCUT2D eigenvalue weighted by atomic mass is 9.98. The Morgan fingerprint density at radius 3 is 2.85 bits per heavy atom. The fourth-order valence-corrected chi connectivity index (χ4v) is 1.22. The Labute approximate surface area is 74.1 Å². The molecule has 0 radical (unpaired) electrons. The lowest BCUT2D eigenvalue weighted by Crippen LogP contribution is -2.22. The van der Waals surface area contributed by atoms with Crippen LogP contribution in [0.5, 0.6) is 0 Å². The third-order valence-corrected chi connectivity index (χ3v) is 1.83. The standard InChI is InChI=1S/C9H6N2O2/c10-6-4-7(12)8-5(9(6)13)2-1-3-11-8/h1-4H,10H2. The number of nitrogens with zero attached hydrogens (tertiary/aromatic N) is 1. The molecule has 1 aliphatic rings. The molecule has 13 heavy (non-hydrogen) atoms. The van der Waals surface area contributed by atoms with Crippen LogP contribution in [0.3, 0.4) is 0 Å². The Kier molecular flexibility index (Phi) is 1.48. The molecule has 0 amide bonds. The number of aromatic nitrogens is 1. The number of pyridine rings is 1. The molecule has 4 heteroatoms. The van der Waals surface area contributed by atoms with Crippen molar-refractivity contribution in [1.29, 1.82) is 0 Å². The van der Waals surface area contributed by atoms with E-state index in [2.05, 4.69) is 4.98 Å². The van der Waals surface area contributed by atoms with Gasteiger partial charge in [-0.3, -0.25) is 14.6 Å². The third kappa shape index (κ3) is 1.03. The van der Waals surface area contributed by atoms with Crippen molar-refractivity contribution >= 4 is 11.6 Å². The molecule has 0 saturated heterocycles. The maximum absolute atomic E-state index is 11.4. The molecule has 1 aromatic heterocycles. The quantitative estimate of drug-likeness (QED) is 0.614. The van der Waals surface area contributed by atoms with E-state index in [-0.39, 0.29) is 28.5 Å². The highest BCUT2D eigenvalue weighted by Gasteiger charge is 2.24. The summed E-state index contributed by atoms with van der Waals surface area (Å²) < 4.78 is 0. The lowest BCUT2D eigenvalue weighted by molar-refractivity contribution is 0.0979. The van der Waals surface area contributed by atoms with Crippen LogP contribution in [-0.2, 0) is 0 Å². The topological polar surface area (TPSA) is 73.1 Å². The highest BCUT2D eigenvalue weighted by Crippen LogP contribution is 2.15. The second kappa shape index (κ2) is 2.52. The molecule has 1 aliphatic carbocycles. The van der Waals surface area contributed by atoms with Gasteiger partial charge in [0, 0.05) is 12.3 Å². The first-order valence-corrected chi connectivity index (χ1v) is 3.71. The van der Waals surface area contributed by atoms with E-state index in [9.17, 15) is 9.59 Å². The van der Waals surface area contributed by atoms with E-state index < -0.39 is 0 Å². The van der Waals surface area contributed by atoms with Crippen molar-refractivity contribution in [3.63, 3.8) is 0 Å². The van der Waals surface area contributed by atoms with Crippen LogP contribution >= 0.6 is 0 Å². The zero-order valence-electron chi connectivity index (χ0n) is 6.65. The number of Topliss-reactive ketones (excluding diaryl/α,β-unsaturated/α-hetero) is 1. The van der Waals surface area contributed by atoms with Crippen LogP contribution in [0.4, 0.5) is 0 Å². The number of carbonyl (C=O) groups is 2. The zero-order chi connectivity index (χ0) is 9.42. The number of allylic oxidation sites excluding steroid dienone is 2. The number of ketones is 2. The Morgan fingerprint density at radius 2 is 2.08 bits per heavy atom. The van der Waals surface area contributed by atoms with Crippen LogP contribution in [0.15, 0.2) is 30.1 Å². The van der Waals surface area contributed by atoms with Crippen LogP contribution in [0, 0.1) is 0 Å². The van der Waals surface area contributed by atoms with Crippen molar-refractivity contribution in [3.05, 3.63) is 41.4 Å². The average molecular weight is 174 g/mol. The van der Waals surface area contributed by atoms with Crippen LogP contribution < -0.4 is 5.73 Å². The number of nitrogens with two attached hydrogens (primary N) is 1. The first-order chi connectivity index (χ1) is 6.20. The number of rotatable bonds is 0. The molecule has 1 aromatic rings. The molecule has 2 rings (SSSR count). The summed E-state index contributed by atoms with van der Waals surface area (Å²) >= 11 is 0. The van der Waals surface area contributed by atoms with E-state index in [4.69, 9.17) is 5.73 Å². The first kappa shape index (κ1) is 7.67. The highest BCUT2D eigenvalue weighted by atomic mass is 16.1. The summed E-state index contributed by atoms with van der Waals surface area (Å²) in [5.41, 5.74) is 5.79. The van der Waals surface area contributed by atoms with Gasteiger partial charge in [0.15, 0.2) is 0 Å². The second-order valence-corrected chi connectivity index (χ2v) is 2.69. The molecule has 2 N–H and O–H groups in total. The molecular formula is C9H6N2O2. The van der Waals surface area contributed by atoms with Crippen molar-refractivity contribution in [3.8, 4) is 0 Å². The first-order valence-electron chi connectivity index (χ1n) is 3.71. The Morgan fingerprint density at radius 1 is 1.31 bits per heavy atom. The van der Waals surface area contributed by atoms with Gasteiger partial charge in [-0.15, -0.1) is 0 Å². The molecular weight excluding hydrogens is 168 g/mol. The van der Waals surface area contributed by atoms with Crippen LogP contribution in [0.25, 0.3) is 0 Å². The summed E-state index contributed by atoms with van der Waals surface area (Å²) in [5.74, 6) is -0.643. The summed E-state index contributed by atoms with van der Waals surface area (Å²) in [6.07, 6.45) is 2.58. The van der Waals surface area contributed by atoms with Gasteiger partial charge in [0.25, 0.3) is 0 Å². The largest absolute Gasteiger partial charge is 0.395 e. The predicted molar refractivity (Wildman–Crippen MR) is 45.2 cm³/mol. The average Bonchev–Trinajstić information content (AvgIpc) is 2.15. The minimum atomic E-state index is -0.331. The van der Waals surface area contributed by atoms with E-state index in [1.54, 1.807) is 12.1 Å². The second-order valence-electron chi connectivity index (χ2n) is 2.69. The van der Waals surface area contributed by atoms with E-state index in [1.807, 2.05) is 0 Å².